The Morgan fingerprint density at radius 2 is 1.44 bits per heavy atom. The van der Waals surface area contributed by atoms with Crippen molar-refractivity contribution in [2.75, 3.05) is 13.2 Å². The van der Waals surface area contributed by atoms with Gasteiger partial charge in [0.05, 0.1) is 25.2 Å². The molecule has 210 valence electrons. The fourth-order valence-corrected chi connectivity index (χ4v) is 3.65. The first-order valence-electron chi connectivity index (χ1n) is 12.5. The number of rotatable bonds is 11. The van der Waals surface area contributed by atoms with E-state index in [0.29, 0.717) is 5.56 Å². The van der Waals surface area contributed by atoms with Crippen molar-refractivity contribution in [3.63, 3.8) is 0 Å². The minimum Gasteiger partial charge on any atom is -0.464 e. The van der Waals surface area contributed by atoms with Gasteiger partial charge in [-0.1, -0.05) is 36.4 Å². The number of nitrogens with one attached hydrogen (secondary N) is 1. The summed E-state index contributed by atoms with van der Waals surface area (Å²) in [5.41, 5.74) is -2.18. The Hall–Kier alpha value is -4.21. The maximum absolute atomic E-state index is 13.3. The van der Waals surface area contributed by atoms with Gasteiger partial charge in [0.25, 0.3) is 0 Å². The molecular formula is C29H35NO9. The average Bonchev–Trinajstić information content (AvgIpc) is 2.84. The lowest BCUT2D eigenvalue weighted by atomic mass is 9.89. The van der Waals surface area contributed by atoms with E-state index in [2.05, 4.69) is 5.32 Å². The molecule has 10 heteroatoms. The highest BCUT2D eigenvalue weighted by atomic mass is 16.6. The lowest BCUT2D eigenvalue weighted by Crippen LogP contribution is -2.63. The summed E-state index contributed by atoms with van der Waals surface area (Å²) < 4.78 is 21.1. The van der Waals surface area contributed by atoms with Gasteiger partial charge in [0.15, 0.2) is 0 Å². The largest absolute Gasteiger partial charge is 0.464 e. The quantitative estimate of drug-likeness (QED) is 0.197. The van der Waals surface area contributed by atoms with Gasteiger partial charge in [-0.25, -0.2) is 14.4 Å². The van der Waals surface area contributed by atoms with Crippen LogP contribution >= 0.6 is 0 Å². The van der Waals surface area contributed by atoms with Crippen molar-refractivity contribution in [2.45, 2.75) is 65.5 Å². The molecule has 0 bridgehead atoms. The van der Waals surface area contributed by atoms with Crippen LogP contribution in [0.4, 0.5) is 0 Å². The highest BCUT2D eigenvalue weighted by molar-refractivity contribution is 6.08. The molecule has 0 spiro atoms. The van der Waals surface area contributed by atoms with Gasteiger partial charge >= 0.3 is 23.9 Å². The second kappa shape index (κ2) is 13.5. The van der Waals surface area contributed by atoms with Crippen LogP contribution in [0, 0.1) is 0 Å². The van der Waals surface area contributed by atoms with Gasteiger partial charge in [-0.15, -0.1) is 0 Å². The van der Waals surface area contributed by atoms with Crippen LogP contribution < -0.4 is 10.1 Å². The summed E-state index contributed by atoms with van der Waals surface area (Å²) in [5.74, 6) is -4.20. The fraction of sp³-hybridized carbons (Fsp3) is 0.414. The van der Waals surface area contributed by atoms with Crippen LogP contribution in [0.5, 0.6) is 5.75 Å². The van der Waals surface area contributed by atoms with Crippen molar-refractivity contribution >= 4 is 29.8 Å². The first kappa shape index (κ1) is 31.0. The van der Waals surface area contributed by atoms with Gasteiger partial charge in [-0.2, -0.15) is 0 Å². The van der Waals surface area contributed by atoms with Crippen LogP contribution in [0.3, 0.4) is 0 Å². The van der Waals surface area contributed by atoms with E-state index in [4.69, 9.17) is 18.9 Å². The molecule has 0 radical (unpaired) electrons. The Morgan fingerprint density at radius 1 is 0.846 bits per heavy atom. The van der Waals surface area contributed by atoms with Crippen molar-refractivity contribution < 1.29 is 42.9 Å². The van der Waals surface area contributed by atoms with Crippen LogP contribution in [0.25, 0.3) is 0 Å². The Balaban J connectivity index is 2.59. The SMILES string of the molecule is CCOC(=O)C(Cc1ccc(C(=O)OC(C)(C)C)cc1OC(C)=O)(NC(=O)Cc1ccccc1)C(=O)OCC. The number of hydrogen-bond acceptors (Lipinski definition) is 9. The first-order chi connectivity index (χ1) is 18.3. The maximum atomic E-state index is 13.3. The third kappa shape index (κ3) is 8.94. The van der Waals surface area contributed by atoms with Crippen LogP contribution in [0.2, 0.25) is 0 Å². The summed E-state index contributed by atoms with van der Waals surface area (Å²) in [4.78, 5) is 64.3. The topological polar surface area (TPSA) is 134 Å². The maximum Gasteiger partial charge on any atom is 0.344 e. The van der Waals surface area contributed by atoms with E-state index in [-0.39, 0.29) is 36.5 Å². The van der Waals surface area contributed by atoms with Gasteiger partial charge < -0.3 is 24.3 Å². The monoisotopic (exact) mass is 541 g/mol. The number of carbonyl (C=O) groups excluding carboxylic acids is 5. The zero-order chi connectivity index (χ0) is 29.2. The molecule has 0 fully saturated rings. The van der Waals surface area contributed by atoms with Crippen molar-refractivity contribution in [3.8, 4) is 5.75 Å². The number of carbonyl (C=O) groups is 5. The molecule has 2 aromatic rings. The zero-order valence-corrected chi connectivity index (χ0v) is 23.1. The molecule has 2 aromatic carbocycles. The molecule has 2 rings (SSSR count). The molecule has 0 unspecified atom stereocenters. The second-order valence-electron chi connectivity index (χ2n) is 9.65. The molecule has 0 saturated heterocycles. The summed E-state index contributed by atoms with van der Waals surface area (Å²) in [6, 6.07) is 12.8. The Morgan fingerprint density at radius 3 is 1.95 bits per heavy atom. The van der Waals surface area contributed by atoms with Crippen molar-refractivity contribution in [1.82, 2.24) is 5.32 Å². The van der Waals surface area contributed by atoms with Gasteiger partial charge in [-0.05, 0) is 57.9 Å². The summed E-state index contributed by atoms with van der Waals surface area (Å²) >= 11 is 0. The number of esters is 4. The minimum atomic E-state index is -2.31. The highest BCUT2D eigenvalue weighted by Crippen LogP contribution is 2.28. The predicted molar refractivity (Wildman–Crippen MR) is 141 cm³/mol. The first-order valence-corrected chi connectivity index (χ1v) is 12.5. The standard InChI is InChI=1S/C29H35NO9/c1-7-36-26(34)29(27(35)37-8-2,30-24(32)16-20-12-10-9-11-13-20)18-22-15-14-21(17-23(22)38-19(3)31)25(33)39-28(4,5)6/h9-15,17H,7-8,16,18H2,1-6H3,(H,30,32). The van der Waals surface area contributed by atoms with Crippen LogP contribution in [-0.2, 0) is 46.2 Å². The molecule has 1 N–H and O–H groups in total. The molecule has 0 atom stereocenters. The number of amides is 1. The van der Waals surface area contributed by atoms with E-state index >= 15 is 0 Å². The number of benzene rings is 2. The summed E-state index contributed by atoms with van der Waals surface area (Å²) in [6.45, 7) is 9.23. The highest BCUT2D eigenvalue weighted by Gasteiger charge is 2.51. The fourth-order valence-electron chi connectivity index (χ4n) is 3.65. The Labute approximate surface area is 228 Å². The van der Waals surface area contributed by atoms with E-state index in [9.17, 15) is 24.0 Å². The van der Waals surface area contributed by atoms with Crippen molar-refractivity contribution in [3.05, 3.63) is 65.2 Å². The number of ether oxygens (including phenoxy) is 4. The average molecular weight is 542 g/mol. The molecule has 0 aliphatic heterocycles. The minimum absolute atomic E-state index is 0.0795. The lowest BCUT2D eigenvalue weighted by Gasteiger charge is -2.31. The third-order valence-electron chi connectivity index (χ3n) is 5.22. The van der Waals surface area contributed by atoms with Crippen molar-refractivity contribution in [2.24, 2.45) is 0 Å². The van der Waals surface area contributed by atoms with E-state index in [1.165, 1.54) is 18.2 Å². The molecule has 1 amide bonds. The zero-order valence-electron chi connectivity index (χ0n) is 23.1. The van der Waals surface area contributed by atoms with Crippen LogP contribution in [0.15, 0.2) is 48.5 Å². The second-order valence-corrected chi connectivity index (χ2v) is 9.65. The van der Waals surface area contributed by atoms with E-state index < -0.39 is 47.3 Å². The molecule has 0 aliphatic rings. The molecule has 39 heavy (non-hydrogen) atoms. The third-order valence-corrected chi connectivity index (χ3v) is 5.22. The molecule has 10 nitrogen and oxygen atoms in total. The predicted octanol–water partition coefficient (Wildman–Crippen LogP) is 3.33. The van der Waals surface area contributed by atoms with Crippen LogP contribution in [0.1, 0.15) is 63.0 Å². The van der Waals surface area contributed by atoms with Crippen LogP contribution in [-0.4, -0.2) is 54.1 Å². The van der Waals surface area contributed by atoms with Gasteiger partial charge in [0.1, 0.15) is 11.4 Å². The summed E-state index contributed by atoms with van der Waals surface area (Å²) in [7, 11) is 0. The molecular weight excluding hydrogens is 506 g/mol. The van der Waals surface area contributed by atoms with Gasteiger partial charge in [0, 0.05) is 13.3 Å². The summed E-state index contributed by atoms with van der Waals surface area (Å²) in [5, 5.41) is 2.53. The summed E-state index contributed by atoms with van der Waals surface area (Å²) in [6.07, 6.45) is -0.613. The smallest absolute Gasteiger partial charge is 0.344 e. The lowest BCUT2D eigenvalue weighted by molar-refractivity contribution is -0.168. The van der Waals surface area contributed by atoms with Gasteiger partial charge in [0.2, 0.25) is 11.4 Å². The molecule has 0 aromatic heterocycles. The Kier molecular flexibility index (Phi) is 10.8. The normalized spacial score (nSPS) is 11.2. The van der Waals surface area contributed by atoms with E-state index in [1.807, 2.05) is 0 Å². The van der Waals surface area contributed by atoms with E-state index in [1.54, 1.807) is 65.0 Å². The molecule has 0 heterocycles. The van der Waals surface area contributed by atoms with E-state index in [0.717, 1.165) is 6.92 Å². The molecule has 0 saturated carbocycles. The number of hydrogen-bond donors (Lipinski definition) is 1. The van der Waals surface area contributed by atoms with Crippen molar-refractivity contribution in [1.29, 1.82) is 0 Å². The Bertz CT molecular complexity index is 1180. The van der Waals surface area contributed by atoms with Gasteiger partial charge in [-0.3, -0.25) is 9.59 Å². The molecule has 0 aliphatic carbocycles.